The van der Waals surface area contributed by atoms with Gasteiger partial charge in [-0.3, -0.25) is 4.79 Å². The van der Waals surface area contributed by atoms with Crippen molar-refractivity contribution in [2.45, 2.75) is 0 Å². The third-order valence-corrected chi connectivity index (χ3v) is 7.18. The minimum absolute atomic E-state index is 0.267. The van der Waals surface area contributed by atoms with Crippen molar-refractivity contribution in [1.82, 2.24) is 24.6 Å². The Kier molecular flexibility index (Phi) is 6.49. The number of piperazine rings is 1. The minimum atomic E-state index is -0.440. The summed E-state index contributed by atoms with van der Waals surface area (Å²) in [5.41, 5.74) is 3.31. The SMILES string of the molecule is CN1CCN(c2ccc(Nc3ncc4c(=O)n(-c5c(Cl)cccc5Cl)nc(-c5ccoc5)c4n3)cc2)CC1. The molecule has 6 rings (SSSR count). The van der Waals surface area contributed by atoms with Gasteiger partial charge in [0, 0.05) is 49.3 Å². The maximum Gasteiger partial charge on any atom is 0.282 e. The van der Waals surface area contributed by atoms with E-state index in [1.807, 2.05) is 12.1 Å². The summed E-state index contributed by atoms with van der Waals surface area (Å²) in [5, 5.41) is 8.70. The summed E-state index contributed by atoms with van der Waals surface area (Å²) in [7, 11) is 2.14. The average Bonchev–Trinajstić information content (AvgIpc) is 3.46. The Morgan fingerprint density at radius 2 is 1.71 bits per heavy atom. The van der Waals surface area contributed by atoms with Crippen molar-refractivity contribution in [3.8, 4) is 16.9 Å². The number of nitrogens with one attached hydrogen (secondary N) is 1. The zero-order valence-corrected chi connectivity index (χ0v) is 21.9. The van der Waals surface area contributed by atoms with Gasteiger partial charge in [0.25, 0.3) is 5.56 Å². The lowest BCUT2D eigenvalue weighted by Crippen LogP contribution is -2.44. The fourth-order valence-corrected chi connectivity index (χ4v) is 5.03. The van der Waals surface area contributed by atoms with Crippen LogP contribution in [0.15, 0.2) is 76.5 Å². The first-order valence-electron chi connectivity index (χ1n) is 12.1. The minimum Gasteiger partial charge on any atom is -0.472 e. The van der Waals surface area contributed by atoms with E-state index in [0.29, 0.717) is 32.8 Å². The van der Waals surface area contributed by atoms with Crippen LogP contribution in [-0.2, 0) is 0 Å². The van der Waals surface area contributed by atoms with Crippen LogP contribution in [0.3, 0.4) is 0 Å². The van der Waals surface area contributed by atoms with Crippen molar-refractivity contribution in [3.05, 3.63) is 87.7 Å². The Morgan fingerprint density at radius 1 is 0.974 bits per heavy atom. The Morgan fingerprint density at radius 3 is 2.39 bits per heavy atom. The van der Waals surface area contributed by atoms with Gasteiger partial charge < -0.3 is 19.5 Å². The van der Waals surface area contributed by atoms with Gasteiger partial charge in [-0.15, -0.1) is 0 Å². The molecular weight excluding hydrogens is 525 g/mol. The number of aromatic nitrogens is 4. The van der Waals surface area contributed by atoms with Gasteiger partial charge >= 0.3 is 0 Å². The van der Waals surface area contributed by atoms with E-state index in [9.17, 15) is 4.79 Å². The zero-order valence-electron chi connectivity index (χ0n) is 20.4. The van der Waals surface area contributed by atoms with Gasteiger partial charge in [0.2, 0.25) is 5.95 Å². The molecule has 5 aromatic rings. The van der Waals surface area contributed by atoms with Crippen molar-refractivity contribution in [2.24, 2.45) is 0 Å². The molecule has 1 aliphatic rings. The fraction of sp³-hybridized carbons (Fsp3) is 0.185. The van der Waals surface area contributed by atoms with Gasteiger partial charge in [0.1, 0.15) is 16.9 Å². The fourth-order valence-electron chi connectivity index (χ4n) is 4.47. The molecule has 4 heterocycles. The molecule has 1 saturated heterocycles. The molecule has 192 valence electrons. The molecule has 3 aromatic heterocycles. The van der Waals surface area contributed by atoms with Crippen LogP contribution >= 0.6 is 23.2 Å². The summed E-state index contributed by atoms with van der Waals surface area (Å²) in [6, 6.07) is 14.9. The average molecular weight is 548 g/mol. The van der Waals surface area contributed by atoms with Gasteiger partial charge in [-0.05, 0) is 49.5 Å². The van der Waals surface area contributed by atoms with Crippen LogP contribution in [0.1, 0.15) is 0 Å². The first-order valence-corrected chi connectivity index (χ1v) is 12.8. The number of halogens is 2. The van der Waals surface area contributed by atoms with Crippen LogP contribution in [0.4, 0.5) is 17.3 Å². The Balaban J connectivity index is 1.38. The molecule has 1 N–H and O–H groups in total. The number of furan rings is 1. The molecule has 38 heavy (non-hydrogen) atoms. The largest absolute Gasteiger partial charge is 0.472 e. The Labute approximate surface area is 228 Å². The second kappa shape index (κ2) is 10.1. The first-order chi connectivity index (χ1) is 18.5. The highest BCUT2D eigenvalue weighted by molar-refractivity contribution is 6.37. The summed E-state index contributed by atoms with van der Waals surface area (Å²) in [5.74, 6) is 0.337. The quantitative estimate of drug-likeness (QED) is 0.319. The zero-order chi connectivity index (χ0) is 26.2. The molecule has 0 aliphatic carbocycles. The summed E-state index contributed by atoms with van der Waals surface area (Å²) < 4.78 is 6.47. The predicted octanol–water partition coefficient (Wildman–Crippen LogP) is 5.24. The smallest absolute Gasteiger partial charge is 0.282 e. The lowest BCUT2D eigenvalue weighted by atomic mass is 10.2. The lowest BCUT2D eigenvalue weighted by Gasteiger charge is -2.34. The van der Waals surface area contributed by atoms with Gasteiger partial charge in [0.15, 0.2) is 0 Å². The molecular formula is C27H23Cl2N7O2. The summed E-state index contributed by atoms with van der Waals surface area (Å²) in [6.07, 6.45) is 4.55. The van der Waals surface area contributed by atoms with Gasteiger partial charge in [-0.1, -0.05) is 29.3 Å². The van der Waals surface area contributed by atoms with E-state index in [-0.39, 0.29) is 11.1 Å². The van der Waals surface area contributed by atoms with Crippen LogP contribution in [0, 0.1) is 0 Å². The summed E-state index contributed by atoms with van der Waals surface area (Å²) in [6.45, 7) is 4.08. The Hall–Kier alpha value is -3.92. The van der Waals surface area contributed by atoms with Crippen LogP contribution in [0.25, 0.3) is 27.8 Å². The highest BCUT2D eigenvalue weighted by Gasteiger charge is 2.20. The third kappa shape index (κ3) is 4.60. The van der Waals surface area contributed by atoms with Crippen LogP contribution in [0.5, 0.6) is 0 Å². The summed E-state index contributed by atoms with van der Waals surface area (Å²) >= 11 is 12.8. The van der Waals surface area contributed by atoms with Crippen LogP contribution in [-0.4, -0.2) is 57.9 Å². The standard InChI is InChI=1S/C27H23Cl2N7O2/c1-34-10-12-35(13-11-34)19-7-5-18(6-8-19)31-27-30-15-20-24(32-27)23(17-9-14-38-16-17)33-36(26(20)37)25-21(28)3-2-4-22(25)29/h2-9,14-16H,10-13H2,1H3,(H,30,31,32). The molecule has 0 amide bonds. The van der Waals surface area contributed by atoms with Gasteiger partial charge in [0.05, 0.1) is 28.0 Å². The van der Waals surface area contributed by atoms with Crippen LogP contribution < -0.4 is 15.8 Å². The van der Waals surface area contributed by atoms with Gasteiger partial charge in [-0.25, -0.2) is 9.97 Å². The first kappa shape index (κ1) is 24.4. The number of likely N-dealkylation sites (N-methyl/N-ethyl adjacent to an activating group) is 1. The molecule has 0 atom stereocenters. The molecule has 1 aliphatic heterocycles. The molecule has 11 heteroatoms. The maximum absolute atomic E-state index is 13.5. The summed E-state index contributed by atoms with van der Waals surface area (Å²) in [4.78, 5) is 27.3. The van der Waals surface area contributed by atoms with Crippen molar-refractivity contribution in [2.75, 3.05) is 43.4 Å². The van der Waals surface area contributed by atoms with E-state index in [2.05, 4.69) is 49.4 Å². The molecule has 1 fully saturated rings. The highest BCUT2D eigenvalue weighted by Crippen LogP contribution is 2.30. The molecule has 9 nitrogen and oxygen atoms in total. The van der Waals surface area contributed by atoms with E-state index < -0.39 is 5.56 Å². The molecule has 0 radical (unpaired) electrons. The third-order valence-electron chi connectivity index (χ3n) is 6.57. The number of hydrogen-bond acceptors (Lipinski definition) is 8. The van der Waals surface area contributed by atoms with Crippen molar-refractivity contribution < 1.29 is 4.42 Å². The number of benzene rings is 2. The predicted molar refractivity (Wildman–Crippen MR) is 150 cm³/mol. The second-order valence-electron chi connectivity index (χ2n) is 9.07. The van der Waals surface area contributed by atoms with E-state index >= 15 is 0 Å². The topological polar surface area (TPSA) is 92.3 Å². The van der Waals surface area contributed by atoms with Crippen LogP contribution in [0.2, 0.25) is 10.0 Å². The molecule has 2 aromatic carbocycles. The van der Waals surface area contributed by atoms with E-state index in [4.69, 9.17) is 27.6 Å². The van der Waals surface area contributed by atoms with E-state index in [0.717, 1.165) is 31.9 Å². The Bertz CT molecular complexity index is 1640. The maximum atomic E-state index is 13.5. The number of hydrogen-bond donors (Lipinski definition) is 1. The van der Waals surface area contributed by atoms with Crippen molar-refractivity contribution in [3.63, 3.8) is 0 Å². The van der Waals surface area contributed by atoms with E-state index in [1.165, 1.54) is 29.1 Å². The van der Waals surface area contributed by atoms with E-state index in [1.54, 1.807) is 24.3 Å². The normalized spacial score (nSPS) is 14.2. The van der Waals surface area contributed by atoms with Crippen molar-refractivity contribution >= 4 is 51.4 Å². The number of rotatable bonds is 5. The van der Waals surface area contributed by atoms with Gasteiger partial charge in [-0.2, -0.15) is 9.78 Å². The number of anilines is 3. The van der Waals surface area contributed by atoms with Crippen molar-refractivity contribution in [1.29, 1.82) is 0 Å². The molecule has 0 saturated carbocycles. The molecule has 0 unspecified atom stereocenters. The monoisotopic (exact) mass is 547 g/mol. The molecule has 0 spiro atoms. The molecule has 0 bridgehead atoms. The second-order valence-corrected chi connectivity index (χ2v) is 9.88. The number of nitrogens with zero attached hydrogens (tertiary/aromatic N) is 6. The number of fused-ring (bicyclic) bond motifs is 1. The highest BCUT2D eigenvalue weighted by atomic mass is 35.5. The lowest BCUT2D eigenvalue weighted by molar-refractivity contribution is 0.313. The number of para-hydroxylation sites is 1.